The van der Waals surface area contributed by atoms with Crippen LogP contribution in [-0.4, -0.2) is 7.05 Å². The summed E-state index contributed by atoms with van der Waals surface area (Å²) in [5.74, 6) is 0. The van der Waals surface area contributed by atoms with E-state index in [1.54, 1.807) is 0 Å². The summed E-state index contributed by atoms with van der Waals surface area (Å²) in [6.07, 6.45) is 0. The monoisotopic (exact) mass is 343 g/mol. The minimum atomic E-state index is 0.143. The number of rotatable bonds is 2. The highest BCUT2D eigenvalue weighted by Crippen LogP contribution is 2.49. The Bertz CT molecular complexity index is 891. The normalized spacial score (nSPS) is 13.4. The van der Waals surface area contributed by atoms with Gasteiger partial charge in [0, 0.05) is 12.0 Å². The SMILES string of the molecule is CNCc1ccccc1.Cc1cc2c(cc1C)C(C)(C)c1ccccc1-2. The van der Waals surface area contributed by atoms with Crippen LogP contribution in [0.25, 0.3) is 11.1 Å². The first-order chi connectivity index (χ1) is 12.4. The summed E-state index contributed by atoms with van der Waals surface area (Å²) in [6, 6.07) is 23.8. The minimum absolute atomic E-state index is 0.143. The van der Waals surface area contributed by atoms with Gasteiger partial charge in [0.2, 0.25) is 0 Å². The van der Waals surface area contributed by atoms with Crippen LogP contribution in [0.15, 0.2) is 66.7 Å². The van der Waals surface area contributed by atoms with Crippen LogP contribution in [0.5, 0.6) is 0 Å². The molecule has 0 aliphatic heterocycles. The molecule has 0 spiro atoms. The molecule has 1 aliphatic rings. The molecule has 1 heteroatoms. The summed E-state index contributed by atoms with van der Waals surface area (Å²) in [5.41, 5.74) is 10.0. The zero-order valence-electron chi connectivity index (χ0n) is 16.6. The van der Waals surface area contributed by atoms with E-state index in [-0.39, 0.29) is 5.41 Å². The quantitative estimate of drug-likeness (QED) is 0.600. The van der Waals surface area contributed by atoms with Crippen molar-refractivity contribution in [2.45, 2.75) is 39.7 Å². The van der Waals surface area contributed by atoms with Crippen LogP contribution in [-0.2, 0) is 12.0 Å². The van der Waals surface area contributed by atoms with Crippen molar-refractivity contribution in [1.82, 2.24) is 5.32 Å². The number of aryl methyl sites for hydroxylation is 2. The van der Waals surface area contributed by atoms with Crippen molar-refractivity contribution >= 4 is 0 Å². The maximum atomic E-state index is 3.08. The predicted octanol–water partition coefficient (Wildman–Crippen LogP) is 6.02. The fourth-order valence-electron chi connectivity index (χ4n) is 3.76. The molecule has 0 heterocycles. The Labute approximate surface area is 158 Å². The average molecular weight is 344 g/mol. The number of nitrogens with one attached hydrogen (secondary N) is 1. The molecule has 0 fully saturated rings. The minimum Gasteiger partial charge on any atom is -0.316 e. The molecule has 0 amide bonds. The van der Waals surface area contributed by atoms with Crippen LogP contribution >= 0.6 is 0 Å². The number of benzene rings is 3. The number of hydrogen-bond donors (Lipinski definition) is 1. The van der Waals surface area contributed by atoms with E-state index in [0.717, 1.165) is 6.54 Å². The largest absolute Gasteiger partial charge is 0.316 e. The zero-order valence-corrected chi connectivity index (χ0v) is 16.6. The van der Waals surface area contributed by atoms with Gasteiger partial charge in [0.05, 0.1) is 0 Å². The van der Waals surface area contributed by atoms with Crippen molar-refractivity contribution in [2.24, 2.45) is 0 Å². The van der Waals surface area contributed by atoms with Crippen LogP contribution in [0.4, 0.5) is 0 Å². The molecule has 3 aromatic carbocycles. The first-order valence-corrected chi connectivity index (χ1v) is 9.35. The van der Waals surface area contributed by atoms with Gasteiger partial charge in [0.15, 0.2) is 0 Å². The van der Waals surface area contributed by atoms with Crippen LogP contribution in [0.2, 0.25) is 0 Å². The lowest BCUT2D eigenvalue weighted by molar-refractivity contribution is 0.659. The first kappa shape index (κ1) is 18.4. The van der Waals surface area contributed by atoms with Gasteiger partial charge in [-0.05, 0) is 59.8 Å². The second-order valence-electron chi connectivity index (χ2n) is 7.67. The van der Waals surface area contributed by atoms with Gasteiger partial charge in [-0.3, -0.25) is 0 Å². The Kier molecular flexibility index (Phi) is 5.29. The molecule has 0 atom stereocenters. The van der Waals surface area contributed by atoms with Gasteiger partial charge in [-0.2, -0.15) is 0 Å². The Morgan fingerprint density at radius 3 is 2.04 bits per heavy atom. The summed E-state index contributed by atoms with van der Waals surface area (Å²) in [5, 5.41) is 3.08. The average Bonchev–Trinajstić information content (AvgIpc) is 2.85. The predicted molar refractivity (Wildman–Crippen MR) is 113 cm³/mol. The number of fused-ring (bicyclic) bond motifs is 3. The third kappa shape index (κ3) is 3.45. The van der Waals surface area contributed by atoms with Crippen LogP contribution in [0.1, 0.15) is 41.7 Å². The molecular weight excluding hydrogens is 314 g/mol. The highest BCUT2D eigenvalue weighted by Gasteiger charge is 2.35. The standard InChI is InChI=1S/C17H18.C8H11N/c1-11-9-14-13-7-5-6-8-15(13)17(3,4)16(14)10-12(11)2;1-9-7-8-5-3-2-4-6-8/h5-10H,1-4H3;2-6,9H,7H2,1H3. The topological polar surface area (TPSA) is 12.0 Å². The van der Waals surface area contributed by atoms with Crippen LogP contribution in [0, 0.1) is 13.8 Å². The van der Waals surface area contributed by atoms with Crippen molar-refractivity contribution in [3.63, 3.8) is 0 Å². The lowest BCUT2D eigenvalue weighted by Gasteiger charge is -2.22. The molecule has 0 saturated heterocycles. The Balaban J connectivity index is 0.000000185. The van der Waals surface area contributed by atoms with E-state index in [1.165, 1.54) is 38.9 Å². The highest BCUT2D eigenvalue weighted by atomic mass is 14.8. The fourth-order valence-corrected chi connectivity index (χ4v) is 3.76. The maximum absolute atomic E-state index is 3.08. The molecule has 26 heavy (non-hydrogen) atoms. The fraction of sp³-hybridized carbons (Fsp3) is 0.280. The molecule has 1 aliphatic carbocycles. The molecule has 0 saturated carbocycles. The van der Waals surface area contributed by atoms with E-state index in [9.17, 15) is 0 Å². The van der Waals surface area contributed by atoms with Crippen molar-refractivity contribution in [3.8, 4) is 11.1 Å². The van der Waals surface area contributed by atoms with Crippen molar-refractivity contribution in [2.75, 3.05) is 7.05 Å². The van der Waals surface area contributed by atoms with Crippen molar-refractivity contribution < 1.29 is 0 Å². The van der Waals surface area contributed by atoms with E-state index >= 15 is 0 Å². The molecule has 0 unspecified atom stereocenters. The van der Waals surface area contributed by atoms with Gasteiger partial charge >= 0.3 is 0 Å². The zero-order chi connectivity index (χ0) is 18.7. The summed E-state index contributed by atoms with van der Waals surface area (Å²) >= 11 is 0. The molecule has 4 rings (SSSR count). The smallest absolute Gasteiger partial charge is 0.0202 e. The summed E-state index contributed by atoms with van der Waals surface area (Å²) in [6.45, 7) is 10.0. The van der Waals surface area contributed by atoms with Gasteiger partial charge in [0.25, 0.3) is 0 Å². The van der Waals surface area contributed by atoms with Gasteiger partial charge in [0.1, 0.15) is 0 Å². The van der Waals surface area contributed by atoms with E-state index < -0.39 is 0 Å². The lowest BCUT2D eigenvalue weighted by atomic mass is 9.82. The van der Waals surface area contributed by atoms with Crippen LogP contribution in [0.3, 0.4) is 0 Å². The second kappa shape index (κ2) is 7.47. The Morgan fingerprint density at radius 1 is 0.731 bits per heavy atom. The summed E-state index contributed by atoms with van der Waals surface area (Å²) < 4.78 is 0. The van der Waals surface area contributed by atoms with E-state index in [2.05, 4.69) is 81.5 Å². The number of hydrogen-bond acceptors (Lipinski definition) is 1. The molecule has 1 N–H and O–H groups in total. The Morgan fingerprint density at radius 2 is 1.35 bits per heavy atom. The lowest BCUT2D eigenvalue weighted by Crippen LogP contribution is -2.15. The molecule has 134 valence electrons. The van der Waals surface area contributed by atoms with E-state index in [1.807, 2.05) is 25.2 Å². The molecule has 0 aromatic heterocycles. The van der Waals surface area contributed by atoms with Gasteiger partial charge in [-0.25, -0.2) is 0 Å². The molecule has 3 aromatic rings. The van der Waals surface area contributed by atoms with E-state index in [4.69, 9.17) is 0 Å². The van der Waals surface area contributed by atoms with Crippen molar-refractivity contribution in [3.05, 3.63) is 94.5 Å². The second-order valence-corrected chi connectivity index (χ2v) is 7.67. The van der Waals surface area contributed by atoms with Gasteiger partial charge in [-0.1, -0.05) is 80.6 Å². The maximum Gasteiger partial charge on any atom is 0.0202 e. The van der Waals surface area contributed by atoms with Crippen molar-refractivity contribution in [1.29, 1.82) is 0 Å². The van der Waals surface area contributed by atoms with Gasteiger partial charge in [-0.15, -0.1) is 0 Å². The Hall–Kier alpha value is -2.38. The third-order valence-electron chi connectivity index (χ3n) is 5.42. The van der Waals surface area contributed by atoms with Crippen LogP contribution < -0.4 is 5.32 Å². The first-order valence-electron chi connectivity index (χ1n) is 9.35. The third-order valence-corrected chi connectivity index (χ3v) is 5.42. The summed E-state index contributed by atoms with van der Waals surface area (Å²) in [4.78, 5) is 0. The molecule has 0 bridgehead atoms. The van der Waals surface area contributed by atoms with Gasteiger partial charge < -0.3 is 5.32 Å². The highest BCUT2D eigenvalue weighted by molar-refractivity contribution is 5.81. The molecular formula is C25H29N. The molecule has 0 radical (unpaired) electrons. The summed E-state index contributed by atoms with van der Waals surface area (Å²) in [7, 11) is 1.95. The molecule has 1 nitrogen and oxygen atoms in total. The van der Waals surface area contributed by atoms with E-state index in [0.29, 0.717) is 0 Å².